The van der Waals surface area contributed by atoms with Crippen LogP contribution in [0.15, 0.2) is 42.5 Å². The van der Waals surface area contributed by atoms with E-state index in [9.17, 15) is 0 Å². The molecule has 2 nitrogen and oxygen atoms in total. The maximum Gasteiger partial charge on any atom is 0.107 e. The first-order chi connectivity index (χ1) is 9.50. The molecular formula is C15H14Cl2N2S. The second kappa shape index (κ2) is 6.44. The topological polar surface area (TPSA) is 29.3 Å². The minimum absolute atomic E-state index is 0.289. The van der Waals surface area contributed by atoms with Gasteiger partial charge in [-0.05, 0) is 23.8 Å². The van der Waals surface area contributed by atoms with Crippen molar-refractivity contribution in [3.05, 3.63) is 63.6 Å². The zero-order valence-corrected chi connectivity index (χ0v) is 13.3. The number of halogens is 2. The molecule has 0 aliphatic heterocycles. The second-order valence-corrected chi connectivity index (χ2v) is 5.70. The fourth-order valence-corrected chi connectivity index (χ4v) is 2.78. The molecule has 0 saturated carbocycles. The SMILES string of the molecule is CN(Cc1ccccc1Cl)c1cccc(Cl)c1C(N)=S. The number of anilines is 1. The molecule has 0 fully saturated rings. The van der Waals surface area contributed by atoms with E-state index in [-0.39, 0.29) is 4.99 Å². The molecule has 0 radical (unpaired) electrons. The number of hydrogen-bond acceptors (Lipinski definition) is 2. The van der Waals surface area contributed by atoms with Crippen LogP contribution in [0.1, 0.15) is 11.1 Å². The van der Waals surface area contributed by atoms with Gasteiger partial charge in [-0.15, -0.1) is 0 Å². The first-order valence-corrected chi connectivity index (χ1v) is 7.20. The van der Waals surface area contributed by atoms with Crippen LogP contribution < -0.4 is 10.6 Å². The average Bonchev–Trinajstić information content (AvgIpc) is 2.40. The van der Waals surface area contributed by atoms with Gasteiger partial charge in [0.05, 0.1) is 10.6 Å². The van der Waals surface area contributed by atoms with Gasteiger partial charge in [0.2, 0.25) is 0 Å². The maximum absolute atomic E-state index is 6.19. The van der Waals surface area contributed by atoms with Gasteiger partial charge >= 0.3 is 0 Å². The predicted molar refractivity (Wildman–Crippen MR) is 90.9 cm³/mol. The normalized spacial score (nSPS) is 10.3. The summed E-state index contributed by atoms with van der Waals surface area (Å²) in [5.41, 5.74) is 8.39. The molecule has 2 aromatic carbocycles. The van der Waals surface area contributed by atoms with Gasteiger partial charge in [0.25, 0.3) is 0 Å². The largest absolute Gasteiger partial charge is 0.389 e. The third-order valence-electron chi connectivity index (χ3n) is 3.01. The van der Waals surface area contributed by atoms with Crippen molar-refractivity contribution in [1.29, 1.82) is 0 Å². The zero-order chi connectivity index (χ0) is 14.7. The lowest BCUT2D eigenvalue weighted by atomic mass is 10.1. The number of benzene rings is 2. The molecule has 0 aromatic heterocycles. The summed E-state index contributed by atoms with van der Waals surface area (Å²) in [4.78, 5) is 2.32. The third-order valence-corrected chi connectivity index (χ3v) is 3.90. The van der Waals surface area contributed by atoms with Gasteiger partial charge in [-0.25, -0.2) is 0 Å². The average molecular weight is 325 g/mol. The molecule has 0 unspecified atom stereocenters. The minimum Gasteiger partial charge on any atom is -0.389 e. The van der Waals surface area contributed by atoms with Crippen molar-refractivity contribution in [3.8, 4) is 0 Å². The Morgan fingerprint density at radius 2 is 1.75 bits per heavy atom. The van der Waals surface area contributed by atoms with E-state index in [1.54, 1.807) is 6.07 Å². The first-order valence-electron chi connectivity index (χ1n) is 6.03. The van der Waals surface area contributed by atoms with Crippen LogP contribution in [-0.2, 0) is 6.54 Å². The molecule has 2 N–H and O–H groups in total. The van der Waals surface area contributed by atoms with E-state index in [0.29, 0.717) is 17.1 Å². The number of rotatable bonds is 4. The fraction of sp³-hybridized carbons (Fsp3) is 0.133. The van der Waals surface area contributed by atoms with Gasteiger partial charge in [0.15, 0.2) is 0 Å². The molecule has 0 saturated heterocycles. The summed E-state index contributed by atoms with van der Waals surface area (Å²) in [5, 5.41) is 1.29. The highest BCUT2D eigenvalue weighted by atomic mass is 35.5. The van der Waals surface area contributed by atoms with E-state index in [1.165, 1.54) is 0 Å². The monoisotopic (exact) mass is 324 g/mol. The quantitative estimate of drug-likeness (QED) is 0.852. The molecule has 0 atom stereocenters. The number of nitrogens with two attached hydrogens (primary N) is 1. The molecule has 0 aliphatic rings. The summed E-state index contributed by atoms with van der Waals surface area (Å²) in [6.45, 7) is 0.648. The number of hydrogen-bond donors (Lipinski definition) is 1. The summed E-state index contributed by atoms with van der Waals surface area (Å²) < 4.78 is 0. The van der Waals surface area contributed by atoms with Crippen LogP contribution in [-0.4, -0.2) is 12.0 Å². The fourth-order valence-electron chi connectivity index (χ4n) is 2.04. The summed E-state index contributed by atoms with van der Waals surface area (Å²) in [7, 11) is 1.96. The molecule has 2 rings (SSSR count). The lowest BCUT2D eigenvalue weighted by molar-refractivity contribution is 0.922. The van der Waals surface area contributed by atoms with Gasteiger partial charge in [-0.3, -0.25) is 0 Å². The zero-order valence-electron chi connectivity index (χ0n) is 10.9. The Morgan fingerprint density at radius 1 is 1.10 bits per heavy atom. The Kier molecular flexibility index (Phi) is 4.86. The van der Waals surface area contributed by atoms with E-state index < -0.39 is 0 Å². The van der Waals surface area contributed by atoms with Gasteiger partial charge in [0.1, 0.15) is 4.99 Å². The molecule has 0 spiro atoms. The molecule has 104 valence electrons. The van der Waals surface area contributed by atoms with Crippen LogP contribution in [0.2, 0.25) is 10.0 Å². The molecule has 5 heteroatoms. The maximum atomic E-state index is 6.19. The third kappa shape index (κ3) is 3.23. The van der Waals surface area contributed by atoms with Gasteiger partial charge in [-0.1, -0.05) is 59.7 Å². The smallest absolute Gasteiger partial charge is 0.107 e. The van der Waals surface area contributed by atoms with Crippen LogP contribution in [0.5, 0.6) is 0 Å². The molecule has 0 bridgehead atoms. The van der Waals surface area contributed by atoms with E-state index in [0.717, 1.165) is 16.3 Å². The first kappa shape index (κ1) is 15.1. The highest BCUT2D eigenvalue weighted by molar-refractivity contribution is 7.80. The second-order valence-electron chi connectivity index (χ2n) is 4.45. The summed E-state index contributed by atoms with van der Waals surface area (Å²) >= 11 is 17.5. The van der Waals surface area contributed by atoms with Crippen LogP contribution in [0, 0.1) is 0 Å². The number of nitrogens with zero attached hydrogens (tertiary/aromatic N) is 1. The van der Waals surface area contributed by atoms with E-state index in [1.807, 2.05) is 48.3 Å². The Balaban J connectivity index is 2.35. The van der Waals surface area contributed by atoms with Crippen molar-refractivity contribution in [2.75, 3.05) is 11.9 Å². The lowest BCUT2D eigenvalue weighted by Gasteiger charge is -2.23. The standard InChI is InChI=1S/C15H14Cl2N2S/c1-19(9-10-5-2-3-6-11(10)16)13-8-4-7-12(17)14(13)15(18)20/h2-8H,9H2,1H3,(H2,18,20). The van der Waals surface area contributed by atoms with E-state index in [2.05, 4.69) is 0 Å². The molecule has 0 amide bonds. The van der Waals surface area contributed by atoms with Crippen molar-refractivity contribution in [3.63, 3.8) is 0 Å². The molecule has 0 aliphatic carbocycles. The van der Waals surface area contributed by atoms with Crippen molar-refractivity contribution in [1.82, 2.24) is 0 Å². The highest BCUT2D eigenvalue weighted by Crippen LogP contribution is 2.28. The number of thiocarbonyl (C=S) groups is 1. The molecular weight excluding hydrogens is 311 g/mol. The molecule has 2 aromatic rings. The highest BCUT2D eigenvalue weighted by Gasteiger charge is 2.14. The Labute approximate surface area is 134 Å². The van der Waals surface area contributed by atoms with Gasteiger partial charge in [-0.2, -0.15) is 0 Å². The van der Waals surface area contributed by atoms with Crippen LogP contribution >= 0.6 is 35.4 Å². The van der Waals surface area contributed by atoms with Crippen LogP contribution in [0.3, 0.4) is 0 Å². The summed E-state index contributed by atoms with van der Waals surface area (Å²) in [6.07, 6.45) is 0. The minimum atomic E-state index is 0.289. The van der Waals surface area contributed by atoms with Gasteiger partial charge < -0.3 is 10.6 Å². The Morgan fingerprint density at radius 3 is 2.40 bits per heavy atom. The van der Waals surface area contributed by atoms with Crippen LogP contribution in [0.25, 0.3) is 0 Å². The summed E-state index contributed by atoms with van der Waals surface area (Å²) in [5.74, 6) is 0. The van der Waals surface area contributed by atoms with Gasteiger partial charge in [0, 0.05) is 24.3 Å². The van der Waals surface area contributed by atoms with Crippen molar-refractivity contribution >= 4 is 46.1 Å². The lowest BCUT2D eigenvalue weighted by Crippen LogP contribution is -2.22. The van der Waals surface area contributed by atoms with Crippen molar-refractivity contribution < 1.29 is 0 Å². The van der Waals surface area contributed by atoms with Crippen molar-refractivity contribution in [2.45, 2.75) is 6.54 Å². The predicted octanol–water partition coefficient (Wildman–Crippen LogP) is 4.26. The van der Waals surface area contributed by atoms with E-state index >= 15 is 0 Å². The molecule has 20 heavy (non-hydrogen) atoms. The van der Waals surface area contributed by atoms with Crippen molar-refractivity contribution in [2.24, 2.45) is 5.73 Å². The van der Waals surface area contributed by atoms with Crippen LogP contribution in [0.4, 0.5) is 5.69 Å². The van der Waals surface area contributed by atoms with E-state index in [4.69, 9.17) is 41.2 Å². The Hall–Kier alpha value is -1.29. The Bertz CT molecular complexity index is 644. The molecule has 0 heterocycles. The summed E-state index contributed by atoms with van der Waals surface area (Å²) in [6, 6.07) is 13.3.